The summed E-state index contributed by atoms with van der Waals surface area (Å²) in [7, 11) is 0. The SMILES string of the molecule is S=C(NC[C@@H]1CCCO1)NC[C@@H](c1ccccc1)c1c[nH]c2ccccc12. The van der Waals surface area contributed by atoms with Crippen LogP contribution >= 0.6 is 12.2 Å². The first-order valence-electron chi connectivity index (χ1n) is 9.55. The lowest BCUT2D eigenvalue weighted by atomic mass is 9.91. The number of aromatic nitrogens is 1. The predicted octanol–water partition coefficient (Wildman–Crippen LogP) is 3.94. The molecule has 3 aromatic rings. The second kappa shape index (κ2) is 8.55. The predicted molar refractivity (Wildman–Crippen MR) is 114 cm³/mol. The van der Waals surface area contributed by atoms with Gasteiger partial charge in [0.05, 0.1) is 6.10 Å². The third-order valence-electron chi connectivity index (χ3n) is 5.18. The van der Waals surface area contributed by atoms with Gasteiger partial charge in [0.1, 0.15) is 0 Å². The Morgan fingerprint density at radius 3 is 2.74 bits per heavy atom. The smallest absolute Gasteiger partial charge is 0.166 e. The minimum absolute atomic E-state index is 0.213. The van der Waals surface area contributed by atoms with Crippen LogP contribution in [0.1, 0.15) is 29.9 Å². The zero-order valence-electron chi connectivity index (χ0n) is 15.3. The van der Waals surface area contributed by atoms with E-state index in [1.54, 1.807) is 0 Å². The van der Waals surface area contributed by atoms with Gasteiger partial charge >= 0.3 is 0 Å². The number of benzene rings is 2. The van der Waals surface area contributed by atoms with Crippen LogP contribution in [0, 0.1) is 0 Å². The van der Waals surface area contributed by atoms with Crippen molar-refractivity contribution in [3.05, 3.63) is 71.9 Å². The van der Waals surface area contributed by atoms with Gasteiger partial charge in [-0.2, -0.15) is 0 Å². The van der Waals surface area contributed by atoms with Crippen LogP contribution < -0.4 is 10.6 Å². The van der Waals surface area contributed by atoms with Gasteiger partial charge in [-0.3, -0.25) is 0 Å². The van der Waals surface area contributed by atoms with Crippen molar-refractivity contribution in [2.75, 3.05) is 19.7 Å². The number of H-pyrrole nitrogens is 1. The molecule has 1 saturated heterocycles. The van der Waals surface area contributed by atoms with Crippen molar-refractivity contribution in [2.45, 2.75) is 24.9 Å². The third kappa shape index (κ3) is 4.31. The van der Waals surface area contributed by atoms with E-state index in [1.807, 2.05) is 0 Å². The van der Waals surface area contributed by atoms with Gasteiger partial charge in [-0.25, -0.2) is 0 Å². The van der Waals surface area contributed by atoms with E-state index in [2.05, 4.69) is 76.4 Å². The molecule has 1 aliphatic rings. The lowest BCUT2D eigenvalue weighted by Gasteiger charge is -2.20. The van der Waals surface area contributed by atoms with E-state index in [0.29, 0.717) is 5.11 Å². The van der Waals surface area contributed by atoms with Crippen LogP contribution in [0.4, 0.5) is 0 Å². The number of fused-ring (bicyclic) bond motifs is 1. The van der Waals surface area contributed by atoms with Crippen molar-refractivity contribution < 1.29 is 4.74 Å². The van der Waals surface area contributed by atoms with E-state index in [-0.39, 0.29) is 12.0 Å². The van der Waals surface area contributed by atoms with E-state index in [9.17, 15) is 0 Å². The van der Waals surface area contributed by atoms with Gasteiger partial charge in [-0.15, -0.1) is 0 Å². The molecule has 0 aliphatic carbocycles. The molecule has 140 valence electrons. The van der Waals surface area contributed by atoms with E-state index < -0.39 is 0 Å². The molecule has 1 fully saturated rings. The first-order valence-corrected chi connectivity index (χ1v) is 9.96. The van der Waals surface area contributed by atoms with Crippen LogP contribution in [0.3, 0.4) is 0 Å². The molecule has 2 heterocycles. The van der Waals surface area contributed by atoms with Crippen LogP contribution in [0.25, 0.3) is 10.9 Å². The average Bonchev–Trinajstić information content (AvgIpc) is 3.38. The Kier molecular flexibility index (Phi) is 5.70. The summed E-state index contributed by atoms with van der Waals surface area (Å²) in [5, 5.41) is 8.65. The molecule has 1 aliphatic heterocycles. The number of nitrogens with one attached hydrogen (secondary N) is 3. The zero-order valence-corrected chi connectivity index (χ0v) is 16.1. The summed E-state index contributed by atoms with van der Waals surface area (Å²) in [6, 6.07) is 19.0. The number of thiocarbonyl (C=S) groups is 1. The summed E-state index contributed by atoms with van der Waals surface area (Å²) >= 11 is 5.50. The number of aromatic amines is 1. The molecule has 2 atom stereocenters. The maximum atomic E-state index is 5.65. The number of para-hydroxylation sites is 1. The summed E-state index contributed by atoms with van der Waals surface area (Å²) in [6.07, 6.45) is 4.65. The van der Waals surface area contributed by atoms with Crippen LogP contribution in [0.15, 0.2) is 60.8 Å². The standard InChI is InChI=1S/C22H25N3OS/c27-22(24-13-17-9-6-12-26-17)25-14-19(16-7-2-1-3-8-16)20-15-23-21-11-5-4-10-18(20)21/h1-5,7-8,10-11,15,17,19,23H,6,9,12-14H2,(H2,24,25,27)/t17-,19-/m0/s1. The van der Waals surface area contributed by atoms with Crippen molar-refractivity contribution >= 4 is 28.2 Å². The Labute approximate surface area is 165 Å². The maximum absolute atomic E-state index is 5.65. The minimum Gasteiger partial charge on any atom is -0.376 e. The molecule has 2 aromatic carbocycles. The molecule has 27 heavy (non-hydrogen) atoms. The highest BCUT2D eigenvalue weighted by molar-refractivity contribution is 7.80. The van der Waals surface area contributed by atoms with E-state index in [4.69, 9.17) is 17.0 Å². The quantitative estimate of drug-likeness (QED) is 0.568. The van der Waals surface area contributed by atoms with Crippen LogP contribution in [-0.2, 0) is 4.74 Å². The second-order valence-corrected chi connectivity index (χ2v) is 7.39. The second-order valence-electron chi connectivity index (χ2n) is 6.98. The van der Waals surface area contributed by atoms with Crippen molar-refractivity contribution in [3.63, 3.8) is 0 Å². The molecule has 4 nitrogen and oxygen atoms in total. The number of rotatable bonds is 6. The average molecular weight is 380 g/mol. The first-order chi connectivity index (χ1) is 13.3. The Morgan fingerprint density at radius 2 is 1.93 bits per heavy atom. The number of hydrogen-bond donors (Lipinski definition) is 3. The van der Waals surface area contributed by atoms with E-state index in [1.165, 1.54) is 16.5 Å². The molecule has 3 N–H and O–H groups in total. The highest BCUT2D eigenvalue weighted by atomic mass is 32.1. The molecular weight excluding hydrogens is 354 g/mol. The Morgan fingerprint density at radius 1 is 1.11 bits per heavy atom. The Bertz CT molecular complexity index is 887. The molecule has 0 amide bonds. The van der Waals surface area contributed by atoms with Gasteiger partial charge in [0.25, 0.3) is 0 Å². The summed E-state index contributed by atoms with van der Waals surface area (Å²) < 4.78 is 5.65. The van der Waals surface area contributed by atoms with E-state index in [0.717, 1.165) is 38.1 Å². The van der Waals surface area contributed by atoms with Gasteiger partial charge < -0.3 is 20.4 Å². The van der Waals surface area contributed by atoms with Crippen molar-refractivity contribution in [2.24, 2.45) is 0 Å². The molecule has 5 heteroatoms. The fourth-order valence-corrected chi connectivity index (χ4v) is 3.91. The van der Waals surface area contributed by atoms with Gasteiger partial charge in [-0.05, 0) is 42.3 Å². The molecule has 0 unspecified atom stereocenters. The highest BCUT2D eigenvalue weighted by Crippen LogP contribution is 2.30. The van der Waals surface area contributed by atoms with Gasteiger partial charge in [0.2, 0.25) is 0 Å². The monoisotopic (exact) mass is 379 g/mol. The normalized spacial score (nSPS) is 17.7. The van der Waals surface area contributed by atoms with Crippen molar-refractivity contribution in [1.82, 2.24) is 15.6 Å². The summed E-state index contributed by atoms with van der Waals surface area (Å²) in [5.41, 5.74) is 3.72. The van der Waals surface area contributed by atoms with Gasteiger partial charge in [0, 0.05) is 42.7 Å². The summed E-state index contributed by atoms with van der Waals surface area (Å²) in [6.45, 7) is 2.38. The molecule has 0 saturated carbocycles. The lowest BCUT2D eigenvalue weighted by molar-refractivity contribution is 0.114. The number of hydrogen-bond acceptors (Lipinski definition) is 2. The topological polar surface area (TPSA) is 49.1 Å². The number of ether oxygens (including phenoxy) is 1. The van der Waals surface area contributed by atoms with Gasteiger partial charge in [-0.1, -0.05) is 48.5 Å². The maximum Gasteiger partial charge on any atom is 0.166 e. The molecule has 4 rings (SSSR count). The zero-order chi connectivity index (χ0) is 18.5. The Hall–Kier alpha value is -2.37. The summed E-state index contributed by atoms with van der Waals surface area (Å²) in [5.74, 6) is 0.213. The molecule has 0 spiro atoms. The third-order valence-corrected chi connectivity index (χ3v) is 5.47. The van der Waals surface area contributed by atoms with Crippen LogP contribution in [0.2, 0.25) is 0 Å². The lowest BCUT2D eigenvalue weighted by Crippen LogP contribution is -2.41. The highest BCUT2D eigenvalue weighted by Gasteiger charge is 2.19. The molecular formula is C22H25N3OS. The van der Waals surface area contributed by atoms with Gasteiger partial charge in [0.15, 0.2) is 5.11 Å². The largest absolute Gasteiger partial charge is 0.376 e. The van der Waals surface area contributed by atoms with Crippen LogP contribution in [-0.4, -0.2) is 35.9 Å². The molecule has 1 aromatic heterocycles. The first kappa shape index (κ1) is 18.0. The molecule has 0 radical (unpaired) electrons. The van der Waals surface area contributed by atoms with Crippen molar-refractivity contribution in [3.8, 4) is 0 Å². The Balaban J connectivity index is 1.48. The van der Waals surface area contributed by atoms with E-state index >= 15 is 0 Å². The fourth-order valence-electron chi connectivity index (χ4n) is 3.74. The minimum atomic E-state index is 0.213. The van der Waals surface area contributed by atoms with Crippen molar-refractivity contribution in [1.29, 1.82) is 0 Å². The molecule has 0 bridgehead atoms. The fraction of sp³-hybridized carbons (Fsp3) is 0.318. The van der Waals surface area contributed by atoms with Crippen LogP contribution in [0.5, 0.6) is 0 Å². The summed E-state index contributed by atoms with van der Waals surface area (Å²) in [4.78, 5) is 3.40.